The number of rotatable bonds is 4. The van der Waals surface area contributed by atoms with E-state index < -0.39 is 0 Å². The molecule has 1 heterocycles. The SMILES string of the molecule is CCCc1cc(CNC)[nH]n1. The number of aryl methyl sites for hydroxylation is 1. The summed E-state index contributed by atoms with van der Waals surface area (Å²) in [6.07, 6.45) is 2.23. The first-order valence-corrected chi connectivity index (χ1v) is 4.04. The van der Waals surface area contributed by atoms with Crippen molar-refractivity contribution in [1.82, 2.24) is 15.5 Å². The molecule has 11 heavy (non-hydrogen) atoms. The zero-order valence-corrected chi connectivity index (χ0v) is 7.15. The molecule has 0 amide bonds. The zero-order valence-electron chi connectivity index (χ0n) is 7.15. The topological polar surface area (TPSA) is 40.7 Å². The van der Waals surface area contributed by atoms with E-state index in [1.165, 1.54) is 0 Å². The molecule has 2 N–H and O–H groups in total. The van der Waals surface area contributed by atoms with Crippen molar-refractivity contribution < 1.29 is 0 Å². The summed E-state index contributed by atoms with van der Waals surface area (Å²) in [5, 5.41) is 10.2. The Morgan fingerprint density at radius 1 is 1.64 bits per heavy atom. The molecule has 0 aliphatic carbocycles. The minimum atomic E-state index is 0.872. The van der Waals surface area contributed by atoms with Crippen molar-refractivity contribution in [3.8, 4) is 0 Å². The molecule has 1 aromatic rings. The van der Waals surface area contributed by atoms with Crippen LogP contribution in [0.2, 0.25) is 0 Å². The Hall–Kier alpha value is -0.830. The Morgan fingerprint density at radius 2 is 2.45 bits per heavy atom. The summed E-state index contributed by atoms with van der Waals surface area (Å²) < 4.78 is 0. The lowest BCUT2D eigenvalue weighted by molar-refractivity contribution is 0.782. The van der Waals surface area contributed by atoms with Gasteiger partial charge in [-0.15, -0.1) is 0 Å². The zero-order chi connectivity index (χ0) is 8.10. The normalized spacial score (nSPS) is 10.4. The van der Waals surface area contributed by atoms with Gasteiger partial charge in [-0.1, -0.05) is 13.3 Å². The van der Waals surface area contributed by atoms with E-state index in [-0.39, 0.29) is 0 Å². The fourth-order valence-corrected chi connectivity index (χ4v) is 1.07. The average Bonchev–Trinajstić information content (AvgIpc) is 2.38. The second-order valence-corrected chi connectivity index (χ2v) is 2.66. The molecule has 0 radical (unpaired) electrons. The first kappa shape index (κ1) is 8.27. The Balaban J connectivity index is 2.51. The molecule has 0 saturated heterocycles. The van der Waals surface area contributed by atoms with Crippen LogP contribution in [0.25, 0.3) is 0 Å². The first-order chi connectivity index (χ1) is 5.36. The third kappa shape index (κ3) is 2.35. The number of H-pyrrole nitrogens is 1. The van der Waals surface area contributed by atoms with Crippen molar-refractivity contribution in [3.63, 3.8) is 0 Å². The quantitative estimate of drug-likeness (QED) is 0.679. The Kier molecular flexibility index (Phi) is 3.11. The van der Waals surface area contributed by atoms with E-state index in [1.807, 2.05) is 7.05 Å². The lowest BCUT2D eigenvalue weighted by Crippen LogP contribution is -2.04. The van der Waals surface area contributed by atoms with Gasteiger partial charge in [-0.05, 0) is 19.5 Å². The smallest absolute Gasteiger partial charge is 0.0625 e. The summed E-state index contributed by atoms with van der Waals surface area (Å²) in [6.45, 7) is 3.03. The third-order valence-corrected chi connectivity index (χ3v) is 1.56. The molecule has 1 rings (SSSR count). The Labute approximate surface area is 67.2 Å². The minimum absolute atomic E-state index is 0.872. The number of aromatic amines is 1. The van der Waals surface area contributed by atoms with Crippen LogP contribution in [0.5, 0.6) is 0 Å². The average molecular weight is 153 g/mol. The Bertz CT molecular complexity index is 184. The molecule has 3 nitrogen and oxygen atoms in total. The van der Waals surface area contributed by atoms with Gasteiger partial charge in [0.1, 0.15) is 0 Å². The second-order valence-electron chi connectivity index (χ2n) is 2.66. The van der Waals surface area contributed by atoms with Gasteiger partial charge in [0.15, 0.2) is 0 Å². The van der Waals surface area contributed by atoms with Crippen molar-refractivity contribution in [3.05, 3.63) is 17.5 Å². The van der Waals surface area contributed by atoms with Crippen molar-refractivity contribution in [2.24, 2.45) is 0 Å². The van der Waals surface area contributed by atoms with Gasteiger partial charge in [-0.25, -0.2) is 0 Å². The van der Waals surface area contributed by atoms with E-state index >= 15 is 0 Å². The summed E-state index contributed by atoms with van der Waals surface area (Å²) in [4.78, 5) is 0. The number of nitrogens with one attached hydrogen (secondary N) is 2. The lowest BCUT2D eigenvalue weighted by Gasteiger charge is -1.90. The van der Waals surface area contributed by atoms with Gasteiger partial charge in [0.05, 0.1) is 5.69 Å². The maximum atomic E-state index is 4.16. The van der Waals surface area contributed by atoms with Crippen LogP contribution < -0.4 is 5.32 Å². The monoisotopic (exact) mass is 153 g/mol. The van der Waals surface area contributed by atoms with E-state index in [1.54, 1.807) is 0 Å². The number of nitrogens with zero attached hydrogens (tertiary/aromatic N) is 1. The van der Waals surface area contributed by atoms with Crippen LogP contribution in [-0.2, 0) is 13.0 Å². The molecule has 3 heteroatoms. The second kappa shape index (κ2) is 4.13. The summed E-state index contributed by atoms with van der Waals surface area (Å²) >= 11 is 0. The first-order valence-electron chi connectivity index (χ1n) is 4.04. The van der Waals surface area contributed by atoms with Gasteiger partial charge in [0.25, 0.3) is 0 Å². The highest BCUT2D eigenvalue weighted by Crippen LogP contribution is 2.01. The van der Waals surface area contributed by atoms with Gasteiger partial charge in [0, 0.05) is 12.2 Å². The van der Waals surface area contributed by atoms with Gasteiger partial charge in [0.2, 0.25) is 0 Å². The molecule has 0 aliphatic heterocycles. The molecule has 62 valence electrons. The standard InChI is InChI=1S/C8H15N3/c1-3-4-7-5-8(6-9-2)11-10-7/h5,9H,3-4,6H2,1-2H3,(H,10,11). The summed E-state index contributed by atoms with van der Waals surface area (Å²) in [5.74, 6) is 0. The van der Waals surface area contributed by atoms with Gasteiger partial charge >= 0.3 is 0 Å². The molecular weight excluding hydrogens is 138 g/mol. The van der Waals surface area contributed by atoms with E-state index in [4.69, 9.17) is 0 Å². The van der Waals surface area contributed by atoms with E-state index in [9.17, 15) is 0 Å². The lowest BCUT2D eigenvalue weighted by atomic mass is 10.2. The van der Waals surface area contributed by atoms with Crippen LogP contribution in [0.4, 0.5) is 0 Å². The molecule has 0 aromatic carbocycles. The van der Waals surface area contributed by atoms with Gasteiger partial charge in [-0.3, -0.25) is 5.10 Å². The maximum Gasteiger partial charge on any atom is 0.0625 e. The van der Waals surface area contributed by atoms with Crippen LogP contribution in [0.1, 0.15) is 24.7 Å². The fourth-order valence-electron chi connectivity index (χ4n) is 1.07. The van der Waals surface area contributed by atoms with E-state index in [0.717, 1.165) is 30.8 Å². The van der Waals surface area contributed by atoms with Gasteiger partial charge < -0.3 is 5.32 Å². The van der Waals surface area contributed by atoms with Crippen LogP contribution in [0.3, 0.4) is 0 Å². The molecule has 0 spiro atoms. The van der Waals surface area contributed by atoms with Crippen LogP contribution in [0.15, 0.2) is 6.07 Å². The van der Waals surface area contributed by atoms with Gasteiger partial charge in [-0.2, -0.15) is 5.10 Å². The highest BCUT2D eigenvalue weighted by molar-refractivity contribution is 5.08. The van der Waals surface area contributed by atoms with Crippen molar-refractivity contribution in [2.75, 3.05) is 7.05 Å². The summed E-state index contributed by atoms with van der Waals surface area (Å²) in [6, 6.07) is 2.11. The highest BCUT2D eigenvalue weighted by Gasteiger charge is 1.97. The van der Waals surface area contributed by atoms with Crippen molar-refractivity contribution in [2.45, 2.75) is 26.3 Å². The molecule has 1 aromatic heterocycles. The third-order valence-electron chi connectivity index (χ3n) is 1.56. The molecular formula is C8H15N3. The van der Waals surface area contributed by atoms with Crippen LogP contribution >= 0.6 is 0 Å². The number of hydrogen-bond acceptors (Lipinski definition) is 2. The van der Waals surface area contributed by atoms with E-state index in [0.29, 0.717) is 0 Å². The summed E-state index contributed by atoms with van der Waals surface area (Å²) in [7, 11) is 1.93. The fraction of sp³-hybridized carbons (Fsp3) is 0.625. The van der Waals surface area contributed by atoms with Crippen LogP contribution in [0, 0.1) is 0 Å². The molecule has 0 atom stereocenters. The summed E-state index contributed by atoms with van der Waals surface area (Å²) in [5.41, 5.74) is 2.33. The molecule has 0 unspecified atom stereocenters. The number of hydrogen-bond donors (Lipinski definition) is 2. The maximum absolute atomic E-state index is 4.16. The number of aromatic nitrogens is 2. The van der Waals surface area contributed by atoms with E-state index in [2.05, 4.69) is 28.5 Å². The predicted molar refractivity (Wildman–Crippen MR) is 45.3 cm³/mol. The van der Waals surface area contributed by atoms with Crippen LogP contribution in [-0.4, -0.2) is 17.2 Å². The predicted octanol–water partition coefficient (Wildman–Crippen LogP) is 1.08. The van der Waals surface area contributed by atoms with Crippen molar-refractivity contribution in [1.29, 1.82) is 0 Å². The highest BCUT2D eigenvalue weighted by atomic mass is 15.1. The largest absolute Gasteiger partial charge is 0.314 e. The molecule has 0 bridgehead atoms. The Morgan fingerprint density at radius 3 is 3.09 bits per heavy atom. The molecule has 0 aliphatic rings. The molecule has 0 fully saturated rings. The van der Waals surface area contributed by atoms with Crippen molar-refractivity contribution >= 4 is 0 Å². The minimum Gasteiger partial charge on any atom is -0.314 e. The molecule has 0 saturated carbocycles.